The molecular formula is C24H31N5O. The summed E-state index contributed by atoms with van der Waals surface area (Å²) in [7, 11) is 3.51. The molecule has 0 spiro atoms. The van der Waals surface area contributed by atoms with Gasteiger partial charge < -0.3 is 10.1 Å². The number of fused-ring (bicyclic) bond motifs is 1. The molecule has 1 N–H and O–H groups in total. The van der Waals surface area contributed by atoms with Gasteiger partial charge in [0.2, 0.25) is 0 Å². The average molecular weight is 406 g/mol. The third-order valence-corrected chi connectivity index (χ3v) is 4.87. The Bertz CT molecular complexity index is 1130. The molecule has 0 aliphatic carbocycles. The molecule has 2 heterocycles. The van der Waals surface area contributed by atoms with Crippen molar-refractivity contribution in [2.45, 2.75) is 47.1 Å². The van der Waals surface area contributed by atoms with Crippen LogP contribution in [0.15, 0.2) is 47.4 Å². The molecule has 2 aromatic heterocycles. The van der Waals surface area contributed by atoms with Crippen LogP contribution in [0.5, 0.6) is 5.75 Å². The number of hydrogen-bond donors (Lipinski definition) is 1. The van der Waals surface area contributed by atoms with Gasteiger partial charge in [-0.15, -0.1) is 0 Å². The number of hydrogen-bond acceptors (Lipinski definition) is 5. The highest BCUT2D eigenvalue weighted by molar-refractivity contribution is 6.23. The molecule has 0 amide bonds. The Morgan fingerprint density at radius 3 is 2.50 bits per heavy atom. The Balaban J connectivity index is 2.23. The zero-order valence-corrected chi connectivity index (χ0v) is 19.2. The molecule has 0 bridgehead atoms. The van der Waals surface area contributed by atoms with E-state index in [9.17, 15) is 0 Å². The number of imidazole rings is 1. The van der Waals surface area contributed by atoms with Crippen LogP contribution in [0.1, 0.15) is 47.1 Å². The van der Waals surface area contributed by atoms with Crippen molar-refractivity contribution in [3.63, 3.8) is 0 Å². The van der Waals surface area contributed by atoms with Gasteiger partial charge in [0.25, 0.3) is 0 Å². The van der Waals surface area contributed by atoms with Crippen LogP contribution in [-0.2, 0) is 0 Å². The van der Waals surface area contributed by atoms with Gasteiger partial charge in [-0.05, 0) is 59.2 Å². The van der Waals surface area contributed by atoms with Crippen LogP contribution in [-0.4, -0.2) is 39.8 Å². The maximum Gasteiger partial charge on any atom is 0.157 e. The third-order valence-electron chi connectivity index (χ3n) is 4.87. The van der Waals surface area contributed by atoms with E-state index in [4.69, 9.17) is 9.72 Å². The summed E-state index contributed by atoms with van der Waals surface area (Å²) in [5.74, 6) is 1.68. The second-order valence-electron chi connectivity index (χ2n) is 8.59. The zero-order valence-electron chi connectivity index (χ0n) is 19.2. The van der Waals surface area contributed by atoms with Crippen LogP contribution in [0.4, 0.5) is 5.82 Å². The number of rotatable bonds is 5. The van der Waals surface area contributed by atoms with Crippen molar-refractivity contribution in [3.05, 3.63) is 47.9 Å². The minimum absolute atomic E-state index is 0.134. The summed E-state index contributed by atoms with van der Waals surface area (Å²) in [4.78, 5) is 13.5. The van der Waals surface area contributed by atoms with E-state index in [0.29, 0.717) is 0 Å². The van der Waals surface area contributed by atoms with Crippen LogP contribution in [0.3, 0.4) is 0 Å². The Morgan fingerprint density at radius 2 is 1.90 bits per heavy atom. The van der Waals surface area contributed by atoms with E-state index in [1.54, 1.807) is 19.5 Å². The molecular weight excluding hydrogens is 374 g/mol. The highest BCUT2D eigenvalue weighted by atomic mass is 16.5. The molecule has 3 aromatic rings. The fourth-order valence-electron chi connectivity index (χ4n) is 3.58. The number of aromatic nitrogens is 3. The predicted octanol–water partition coefficient (Wildman–Crippen LogP) is 5.50. The van der Waals surface area contributed by atoms with Gasteiger partial charge in [0.15, 0.2) is 5.65 Å². The van der Waals surface area contributed by atoms with Gasteiger partial charge in [-0.3, -0.25) is 14.4 Å². The van der Waals surface area contributed by atoms with Gasteiger partial charge in [-0.2, -0.15) is 0 Å². The number of benzene rings is 1. The number of nitrogens with zero attached hydrogens (tertiary/aromatic N) is 4. The summed E-state index contributed by atoms with van der Waals surface area (Å²) in [5.41, 5.74) is 6.83. The van der Waals surface area contributed by atoms with Crippen LogP contribution in [0.2, 0.25) is 0 Å². The first-order valence-corrected chi connectivity index (χ1v) is 10.1. The van der Waals surface area contributed by atoms with Crippen molar-refractivity contribution in [1.82, 2.24) is 14.4 Å². The Hall–Kier alpha value is -3.15. The van der Waals surface area contributed by atoms with Crippen molar-refractivity contribution in [2.75, 3.05) is 19.5 Å². The SMILES string of the molecule is CN=C(C)C(=C(C)C)c1ccc(-c2nc3cnccn3c2NC(C)(C)C)c(OC)c1. The standard InChI is InChI=1S/C24H31N5O/c1-15(2)21(16(3)25-7)17-9-10-18(19(13-17)30-8)22-23(28-24(4,5)6)29-12-11-26-14-20(29)27-22/h9-14,28H,1-8H3. The average Bonchev–Trinajstić information content (AvgIpc) is 3.04. The van der Waals surface area contributed by atoms with Crippen molar-refractivity contribution in [3.8, 4) is 17.0 Å². The van der Waals surface area contributed by atoms with E-state index in [1.807, 2.05) is 24.6 Å². The Morgan fingerprint density at radius 1 is 1.17 bits per heavy atom. The van der Waals surface area contributed by atoms with Gasteiger partial charge in [0.1, 0.15) is 17.3 Å². The van der Waals surface area contributed by atoms with Crippen LogP contribution < -0.4 is 10.1 Å². The molecule has 30 heavy (non-hydrogen) atoms. The molecule has 1 aromatic carbocycles. The fourth-order valence-corrected chi connectivity index (χ4v) is 3.58. The van der Waals surface area contributed by atoms with E-state index >= 15 is 0 Å². The van der Waals surface area contributed by atoms with Gasteiger partial charge in [-0.25, -0.2) is 4.98 Å². The number of nitrogens with one attached hydrogen (secondary N) is 1. The fraction of sp³-hybridized carbons (Fsp3) is 0.375. The van der Waals surface area contributed by atoms with E-state index < -0.39 is 0 Å². The molecule has 0 aliphatic heterocycles. The second kappa shape index (κ2) is 8.30. The first-order valence-electron chi connectivity index (χ1n) is 10.1. The quantitative estimate of drug-likeness (QED) is 0.569. The number of ether oxygens (including phenoxy) is 1. The molecule has 0 saturated heterocycles. The van der Waals surface area contributed by atoms with Crippen molar-refractivity contribution >= 4 is 22.7 Å². The molecule has 0 unspecified atom stereocenters. The smallest absolute Gasteiger partial charge is 0.157 e. The van der Waals surface area contributed by atoms with Crippen molar-refractivity contribution in [2.24, 2.45) is 4.99 Å². The topological polar surface area (TPSA) is 63.8 Å². The number of allylic oxidation sites excluding steroid dienone is 2. The summed E-state index contributed by atoms with van der Waals surface area (Å²) in [6.45, 7) is 12.6. The lowest BCUT2D eigenvalue weighted by molar-refractivity contribution is 0.416. The van der Waals surface area contributed by atoms with E-state index in [2.05, 4.69) is 68.1 Å². The van der Waals surface area contributed by atoms with E-state index in [-0.39, 0.29) is 5.54 Å². The van der Waals surface area contributed by atoms with Crippen molar-refractivity contribution < 1.29 is 4.74 Å². The molecule has 0 atom stereocenters. The third kappa shape index (κ3) is 4.22. The Kier molecular flexibility index (Phi) is 5.97. The summed E-state index contributed by atoms with van der Waals surface area (Å²) in [6.07, 6.45) is 5.45. The van der Waals surface area contributed by atoms with Crippen molar-refractivity contribution in [1.29, 1.82) is 0 Å². The number of anilines is 1. The second-order valence-corrected chi connectivity index (χ2v) is 8.59. The minimum atomic E-state index is -0.134. The summed E-state index contributed by atoms with van der Waals surface area (Å²) in [5, 5.41) is 3.59. The van der Waals surface area contributed by atoms with Gasteiger partial charge in [0.05, 0.1) is 13.3 Å². The lowest BCUT2D eigenvalue weighted by Gasteiger charge is -2.23. The lowest BCUT2D eigenvalue weighted by atomic mass is 9.95. The largest absolute Gasteiger partial charge is 0.496 e. The van der Waals surface area contributed by atoms with E-state index in [0.717, 1.165) is 45.3 Å². The number of methoxy groups -OCH3 is 1. The van der Waals surface area contributed by atoms with Crippen LogP contribution >= 0.6 is 0 Å². The summed E-state index contributed by atoms with van der Waals surface area (Å²) < 4.78 is 7.83. The highest BCUT2D eigenvalue weighted by Crippen LogP contribution is 2.38. The first-order chi connectivity index (χ1) is 14.2. The molecule has 6 nitrogen and oxygen atoms in total. The monoisotopic (exact) mass is 405 g/mol. The van der Waals surface area contributed by atoms with E-state index in [1.165, 1.54) is 5.57 Å². The number of aliphatic imine (C=N–C) groups is 1. The molecule has 158 valence electrons. The molecule has 0 saturated carbocycles. The lowest BCUT2D eigenvalue weighted by Crippen LogP contribution is -2.27. The predicted molar refractivity (Wildman–Crippen MR) is 126 cm³/mol. The molecule has 0 radical (unpaired) electrons. The van der Waals surface area contributed by atoms with Gasteiger partial charge >= 0.3 is 0 Å². The molecule has 3 rings (SSSR count). The maximum absolute atomic E-state index is 5.81. The molecule has 6 heteroatoms. The van der Waals surface area contributed by atoms with Crippen LogP contribution in [0.25, 0.3) is 22.5 Å². The Labute approximate surface area is 178 Å². The maximum atomic E-state index is 5.81. The molecule has 0 aliphatic rings. The summed E-state index contributed by atoms with van der Waals surface area (Å²) >= 11 is 0. The van der Waals surface area contributed by atoms with Gasteiger partial charge in [-0.1, -0.05) is 11.6 Å². The first kappa shape index (κ1) is 21.6. The zero-order chi connectivity index (χ0) is 22.1. The minimum Gasteiger partial charge on any atom is -0.496 e. The normalized spacial score (nSPS) is 12.2. The van der Waals surface area contributed by atoms with Gasteiger partial charge in [0, 0.05) is 41.8 Å². The molecule has 0 fully saturated rings. The van der Waals surface area contributed by atoms with Crippen LogP contribution in [0, 0.1) is 0 Å². The highest BCUT2D eigenvalue weighted by Gasteiger charge is 2.22. The summed E-state index contributed by atoms with van der Waals surface area (Å²) in [6, 6.07) is 6.25.